The Morgan fingerprint density at radius 1 is 0.596 bits per heavy atom. The molecule has 4 rings (SSSR count). The number of rotatable bonds is 18. The third-order valence-corrected chi connectivity index (χ3v) is 7.18. The van der Waals surface area contributed by atoms with Crippen molar-refractivity contribution in [2.75, 3.05) is 25.2 Å². The number of ether oxygens (including phenoxy) is 5. The monoisotopic (exact) mass is 780 g/mol. The number of hydrogen-bond acceptors (Lipinski definition) is 10. The minimum atomic E-state index is -0.256. The predicted molar refractivity (Wildman–Crippen MR) is 205 cm³/mol. The summed E-state index contributed by atoms with van der Waals surface area (Å²) in [5.74, 6) is 2.08. The number of aromatic hydroxyl groups is 1. The van der Waals surface area contributed by atoms with E-state index in [1.165, 1.54) is 12.1 Å². The van der Waals surface area contributed by atoms with Crippen molar-refractivity contribution >= 4 is 40.4 Å². The van der Waals surface area contributed by atoms with E-state index in [-0.39, 0.29) is 31.7 Å². The van der Waals surface area contributed by atoms with Gasteiger partial charge in [0.2, 0.25) is 0 Å². The zero-order valence-corrected chi connectivity index (χ0v) is 30.5. The van der Waals surface area contributed by atoms with Gasteiger partial charge in [-0.25, -0.2) is 0 Å². The summed E-state index contributed by atoms with van der Waals surface area (Å²) < 4.78 is 26.6. The van der Waals surface area contributed by atoms with E-state index < -0.39 is 0 Å². The summed E-state index contributed by atoms with van der Waals surface area (Å²) >= 11 is 3.27. The largest absolute Gasteiger partial charge is 0.508 e. The van der Waals surface area contributed by atoms with E-state index in [0.29, 0.717) is 62.6 Å². The summed E-state index contributed by atoms with van der Waals surface area (Å²) in [5.41, 5.74) is 3.07. The van der Waals surface area contributed by atoms with Crippen molar-refractivity contribution in [1.29, 1.82) is 0 Å². The molecule has 0 aliphatic rings. The average Bonchev–Trinajstić information content (AvgIpc) is 3.16. The van der Waals surface area contributed by atoms with Gasteiger partial charge in [0.1, 0.15) is 48.8 Å². The zero-order chi connectivity index (χ0) is 37.1. The lowest BCUT2D eigenvalue weighted by Gasteiger charge is -2.08. The van der Waals surface area contributed by atoms with Crippen molar-refractivity contribution in [1.82, 2.24) is 0 Å². The van der Waals surface area contributed by atoms with Gasteiger partial charge in [-0.1, -0.05) is 47.6 Å². The lowest BCUT2D eigenvalue weighted by molar-refractivity contribution is -0.146. The van der Waals surface area contributed by atoms with Gasteiger partial charge in [-0.3, -0.25) is 19.2 Å². The Balaban J connectivity index is 0.000000431. The molecule has 0 aliphatic heterocycles. The van der Waals surface area contributed by atoms with E-state index in [9.17, 15) is 19.2 Å². The molecule has 0 unspecified atom stereocenters. The fourth-order valence-electron chi connectivity index (χ4n) is 3.98. The van der Waals surface area contributed by atoms with Crippen LogP contribution >= 0.6 is 15.9 Å². The third-order valence-electron chi connectivity index (χ3n) is 6.62. The van der Waals surface area contributed by atoms with Gasteiger partial charge < -0.3 is 28.8 Å². The summed E-state index contributed by atoms with van der Waals surface area (Å²) in [6.45, 7) is 6.14. The van der Waals surface area contributed by atoms with Crippen LogP contribution in [0, 0.1) is 0 Å². The second-order valence-corrected chi connectivity index (χ2v) is 11.4. The number of carbonyl (C=O) groups excluding carboxylic acids is 4. The van der Waals surface area contributed by atoms with E-state index in [1.54, 1.807) is 36.4 Å². The zero-order valence-electron chi connectivity index (χ0n) is 29.0. The molecule has 0 saturated carbocycles. The Morgan fingerprint density at radius 3 is 1.38 bits per heavy atom. The quantitative estimate of drug-likeness (QED) is 0.0451. The molecule has 0 aromatic heterocycles. The van der Waals surface area contributed by atoms with Crippen LogP contribution in [0.3, 0.4) is 0 Å². The highest BCUT2D eigenvalue weighted by Crippen LogP contribution is 2.15. The van der Waals surface area contributed by atoms with Crippen molar-refractivity contribution in [2.45, 2.75) is 60.2 Å². The van der Waals surface area contributed by atoms with Crippen molar-refractivity contribution < 1.29 is 48.0 Å². The minimum absolute atomic E-state index is 0. The standard InChI is InChI=1S/C20H22O5.C13H17BrO3.C7H6O2.CH4/c1-2-23-18-11-7-17(8-12-18)15-25-20(22)4-3-13-24-19-9-5-16(14-21)6-10-19;1-2-16-12-7-5-11(6-8-12)10-17-13(15)4-3-9-14;8-5-6-1-3-7(9)4-2-6;/h5-12,14H,2-4,13,15H2,1H3;5-8H,2-4,9-10H2,1H3;1-5,9H;1H4. The maximum absolute atomic E-state index is 11.7. The average molecular weight is 782 g/mol. The van der Waals surface area contributed by atoms with Crippen LogP contribution in [0.25, 0.3) is 0 Å². The molecule has 0 saturated heterocycles. The first kappa shape index (κ1) is 44.9. The van der Waals surface area contributed by atoms with Crippen LogP contribution in [0.4, 0.5) is 0 Å². The number of phenolic OH excluding ortho intramolecular Hbond substituents is 1. The van der Waals surface area contributed by atoms with Gasteiger partial charge in [-0.05, 0) is 111 Å². The lowest BCUT2D eigenvalue weighted by atomic mass is 10.2. The summed E-state index contributed by atoms with van der Waals surface area (Å²) in [5, 5.41) is 9.56. The molecular weight excluding hydrogens is 732 g/mol. The molecule has 0 radical (unpaired) electrons. The van der Waals surface area contributed by atoms with E-state index in [4.69, 9.17) is 28.8 Å². The molecule has 0 amide bonds. The Bertz CT molecular complexity index is 1560. The van der Waals surface area contributed by atoms with E-state index >= 15 is 0 Å². The molecule has 0 heterocycles. The van der Waals surface area contributed by atoms with Gasteiger partial charge in [-0.2, -0.15) is 0 Å². The molecule has 4 aromatic rings. The predicted octanol–water partition coefficient (Wildman–Crippen LogP) is 8.94. The highest BCUT2D eigenvalue weighted by Gasteiger charge is 2.05. The van der Waals surface area contributed by atoms with E-state index in [1.807, 2.05) is 62.4 Å². The summed E-state index contributed by atoms with van der Waals surface area (Å²) in [6.07, 6.45) is 3.65. The van der Waals surface area contributed by atoms with Gasteiger partial charge in [-0.15, -0.1) is 0 Å². The molecule has 11 heteroatoms. The SMILES string of the molecule is C.CCOc1ccc(COC(=O)CCCBr)cc1.CCOc1ccc(COC(=O)CCCOc2ccc(C=O)cc2)cc1.O=Cc1ccc(O)cc1. The lowest BCUT2D eigenvalue weighted by Crippen LogP contribution is -2.07. The Hall–Kier alpha value is -5.16. The number of alkyl halides is 1. The smallest absolute Gasteiger partial charge is 0.306 e. The first-order chi connectivity index (χ1) is 24.8. The highest BCUT2D eigenvalue weighted by molar-refractivity contribution is 9.09. The fraction of sp³-hybridized carbons (Fsp3) is 0.317. The van der Waals surface area contributed by atoms with E-state index in [2.05, 4.69) is 15.9 Å². The van der Waals surface area contributed by atoms with E-state index in [0.717, 1.165) is 46.9 Å². The molecule has 0 fully saturated rings. The molecular formula is C41H49BrO10. The topological polar surface area (TPSA) is 135 Å². The number of carbonyl (C=O) groups is 4. The molecule has 0 bridgehead atoms. The second-order valence-electron chi connectivity index (χ2n) is 10.6. The molecule has 52 heavy (non-hydrogen) atoms. The molecule has 4 aromatic carbocycles. The van der Waals surface area contributed by atoms with Crippen LogP contribution in [0.1, 0.15) is 78.8 Å². The number of halogens is 1. The molecule has 280 valence electrons. The maximum Gasteiger partial charge on any atom is 0.306 e. The normalized spacial score (nSPS) is 9.67. The number of hydrogen-bond donors (Lipinski definition) is 1. The molecule has 10 nitrogen and oxygen atoms in total. The van der Waals surface area contributed by atoms with Crippen molar-refractivity contribution in [3.63, 3.8) is 0 Å². The Kier molecular flexibility index (Phi) is 23.8. The van der Waals surface area contributed by atoms with Crippen molar-refractivity contribution in [2.24, 2.45) is 0 Å². The number of phenols is 1. The molecule has 0 spiro atoms. The number of aldehydes is 2. The van der Waals surface area contributed by atoms with Gasteiger partial charge in [0.25, 0.3) is 0 Å². The van der Waals surface area contributed by atoms with Crippen molar-refractivity contribution in [3.8, 4) is 23.0 Å². The van der Waals surface area contributed by atoms with Gasteiger partial charge in [0.05, 0.1) is 19.8 Å². The Labute approximate surface area is 315 Å². The molecule has 0 atom stereocenters. The number of benzene rings is 4. The van der Waals surface area contributed by atoms with Crippen LogP contribution in [-0.2, 0) is 32.3 Å². The van der Waals surface area contributed by atoms with Crippen LogP contribution in [-0.4, -0.2) is 54.8 Å². The number of esters is 2. The van der Waals surface area contributed by atoms with Crippen molar-refractivity contribution in [3.05, 3.63) is 119 Å². The highest BCUT2D eigenvalue weighted by atomic mass is 79.9. The van der Waals surface area contributed by atoms with Crippen LogP contribution in [0.2, 0.25) is 0 Å². The van der Waals surface area contributed by atoms with Crippen LogP contribution in [0.15, 0.2) is 97.1 Å². The van der Waals surface area contributed by atoms with Gasteiger partial charge in [0, 0.05) is 29.3 Å². The van der Waals surface area contributed by atoms with Gasteiger partial charge in [0.15, 0.2) is 0 Å². The summed E-state index contributed by atoms with van der Waals surface area (Å²) in [7, 11) is 0. The van der Waals surface area contributed by atoms with Gasteiger partial charge >= 0.3 is 11.9 Å². The van der Waals surface area contributed by atoms with Crippen LogP contribution in [0.5, 0.6) is 23.0 Å². The first-order valence-corrected chi connectivity index (χ1v) is 17.6. The molecule has 0 aliphatic carbocycles. The third kappa shape index (κ3) is 19.9. The summed E-state index contributed by atoms with van der Waals surface area (Å²) in [4.78, 5) is 43.6. The fourth-order valence-corrected chi connectivity index (χ4v) is 4.26. The minimum Gasteiger partial charge on any atom is -0.508 e. The second kappa shape index (κ2) is 27.5. The molecule has 1 N–H and O–H groups in total. The van der Waals surface area contributed by atoms with Crippen LogP contribution < -0.4 is 14.2 Å². The maximum atomic E-state index is 11.7. The summed E-state index contributed by atoms with van der Waals surface area (Å²) in [6, 6.07) is 27.9. The Morgan fingerprint density at radius 2 is 0.981 bits per heavy atom. The first-order valence-electron chi connectivity index (χ1n) is 16.5.